The number of nitrogens with one attached hydrogen (secondary N) is 1. The van der Waals surface area contributed by atoms with Gasteiger partial charge in [-0.15, -0.1) is 0 Å². The Hall–Kier alpha value is -3.28. The van der Waals surface area contributed by atoms with Gasteiger partial charge in [-0.1, -0.05) is 12.1 Å². The maximum atomic E-state index is 13.0. The number of pyridine rings is 1. The van der Waals surface area contributed by atoms with Crippen molar-refractivity contribution in [3.05, 3.63) is 71.2 Å². The Kier molecular flexibility index (Phi) is 5.25. The molecule has 150 valence electrons. The van der Waals surface area contributed by atoms with Gasteiger partial charge in [-0.05, 0) is 56.7 Å². The zero-order valence-electron chi connectivity index (χ0n) is 16.9. The molecule has 0 bridgehead atoms. The quantitative estimate of drug-likeness (QED) is 0.726. The summed E-state index contributed by atoms with van der Waals surface area (Å²) in [5.41, 5.74) is 3.45. The maximum absolute atomic E-state index is 13.0. The molecule has 29 heavy (non-hydrogen) atoms. The summed E-state index contributed by atoms with van der Waals surface area (Å²) in [7, 11) is 0. The third-order valence-corrected chi connectivity index (χ3v) is 5.17. The van der Waals surface area contributed by atoms with Gasteiger partial charge in [0.2, 0.25) is 0 Å². The van der Waals surface area contributed by atoms with Gasteiger partial charge in [-0.25, -0.2) is 4.98 Å². The number of carbonyl (C=O) groups excluding carboxylic acids is 1. The summed E-state index contributed by atoms with van der Waals surface area (Å²) in [6.07, 6.45) is 2.61. The van der Waals surface area contributed by atoms with Crippen molar-refractivity contribution >= 4 is 5.91 Å². The molecule has 3 aromatic rings. The molecular formula is C23H25N3O3. The van der Waals surface area contributed by atoms with E-state index in [1.54, 1.807) is 6.20 Å². The molecule has 0 spiro atoms. The van der Waals surface area contributed by atoms with Gasteiger partial charge in [-0.2, -0.15) is 0 Å². The summed E-state index contributed by atoms with van der Waals surface area (Å²) in [5.74, 6) is 2.18. The Morgan fingerprint density at radius 1 is 1.10 bits per heavy atom. The van der Waals surface area contributed by atoms with Crippen molar-refractivity contribution in [2.24, 2.45) is 0 Å². The number of nitrogens with zero attached hydrogens (tertiary/aromatic N) is 2. The fourth-order valence-corrected chi connectivity index (χ4v) is 3.64. The lowest BCUT2D eigenvalue weighted by molar-refractivity contribution is 0.0939. The molecule has 1 amide bonds. The van der Waals surface area contributed by atoms with Crippen LogP contribution in [0, 0.1) is 13.8 Å². The zero-order chi connectivity index (χ0) is 20.4. The molecular weight excluding hydrogens is 366 g/mol. The second-order valence-electron chi connectivity index (χ2n) is 7.26. The van der Waals surface area contributed by atoms with Crippen LogP contribution in [0.25, 0.3) is 5.82 Å². The average Bonchev–Trinajstić information content (AvgIpc) is 2.89. The summed E-state index contributed by atoms with van der Waals surface area (Å²) in [4.78, 5) is 17.4. The molecule has 1 N–H and O–H groups in total. The third kappa shape index (κ3) is 3.83. The van der Waals surface area contributed by atoms with Crippen LogP contribution >= 0.6 is 0 Å². The predicted molar refractivity (Wildman–Crippen MR) is 111 cm³/mol. The first-order valence-corrected chi connectivity index (χ1v) is 9.85. The number of amides is 1. The van der Waals surface area contributed by atoms with Gasteiger partial charge in [-0.3, -0.25) is 4.79 Å². The van der Waals surface area contributed by atoms with E-state index in [0.29, 0.717) is 18.8 Å². The van der Waals surface area contributed by atoms with Gasteiger partial charge in [0.15, 0.2) is 11.5 Å². The third-order valence-electron chi connectivity index (χ3n) is 5.17. The molecule has 0 radical (unpaired) electrons. The molecule has 2 aromatic heterocycles. The minimum Gasteiger partial charge on any atom is -0.490 e. The largest absolute Gasteiger partial charge is 0.490 e. The van der Waals surface area contributed by atoms with Crippen LogP contribution in [-0.4, -0.2) is 28.7 Å². The average molecular weight is 391 g/mol. The summed E-state index contributed by atoms with van der Waals surface area (Å²) in [6, 6.07) is 13.3. The van der Waals surface area contributed by atoms with Gasteiger partial charge < -0.3 is 19.4 Å². The fraction of sp³-hybridized carbons (Fsp3) is 0.304. The lowest BCUT2D eigenvalue weighted by Crippen LogP contribution is -2.27. The number of carbonyl (C=O) groups is 1. The molecule has 6 nitrogen and oxygen atoms in total. The number of hydrogen-bond acceptors (Lipinski definition) is 4. The van der Waals surface area contributed by atoms with E-state index in [2.05, 4.69) is 10.3 Å². The van der Waals surface area contributed by atoms with E-state index in [1.807, 2.05) is 67.8 Å². The zero-order valence-corrected chi connectivity index (χ0v) is 16.9. The summed E-state index contributed by atoms with van der Waals surface area (Å²) < 4.78 is 13.4. The number of fused-ring (bicyclic) bond motifs is 1. The van der Waals surface area contributed by atoms with Crippen molar-refractivity contribution in [3.8, 4) is 17.3 Å². The van der Waals surface area contributed by atoms with Crippen LogP contribution in [0.3, 0.4) is 0 Å². The minimum absolute atomic E-state index is 0.111. The number of benzene rings is 1. The minimum atomic E-state index is -0.169. The van der Waals surface area contributed by atoms with Crippen LogP contribution in [0.5, 0.6) is 11.5 Å². The van der Waals surface area contributed by atoms with Crippen LogP contribution in [-0.2, 0) is 0 Å². The van der Waals surface area contributed by atoms with E-state index >= 15 is 0 Å². The predicted octanol–water partition coefficient (Wildman–Crippen LogP) is 4.14. The Morgan fingerprint density at radius 2 is 1.90 bits per heavy atom. The topological polar surface area (TPSA) is 65.4 Å². The lowest BCUT2D eigenvalue weighted by Gasteiger charge is -2.16. The molecule has 0 aliphatic carbocycles. The first kappa shape index (κ1) is 19.1. The van der Waals surface area contributed by atoms with Crippen molar-refractivity contribution in [1.82, 2.24) is 14.9 Å². The summed E-state index contributed by atoms with van der Waals surface area (Å²) in [5, 5.41) is 3.10. The van der Waals surface area contributed by atoms with Crippen molar-refractivity contribution in [1.29, 1.82) is 0 Å². The van der Waals surface area contributed by atoms with Crippen molar-refractivity contribution in [2.45, 2.75) is 33.2 Å². The smallest absolute Gasteiger partial charge is 0.253 e. The highest BCUT2D eigenvalue weighted by Gasteiger charge is 2.20. The Labute approximate surface area is 170 Å². The van der Waals surface area contributed by atoms with Crippen molar-refractivity contribution in [2.75, 3.05) is 13.2 Å². The van der Waals surface area contributed by atoms with Gasteiger partial charge >= 0.3 is 0 Å². The highest BCUT2D eigenvalue weighted by Crippen LogP contribution is 2.32. The van der Waals surface area contributed by atoms with Crippen molar-refractivity contribution in [3.63, 3.8) is 0 Å². The molecule has 1 aliphatic rings. The van der Waals surface area contributed by atoms with Gasteiger partial charge in [0.05, 0.1) is 24.8 Å². The maximum Gasteiger partial charge on any atom is 0.253 e. The number of hydrogen-bond donors (Lipinski definition) is 1. The molecule has 4 rings (SSSR count). The van der Waals surface area contributed by atoms with E-state index in [4.69, 9.17) is 9.47 Å². The highest BCUT2D eigenvalue weighted by atomic mass is 16.5. The molecule has 1 aromatic carbocycles. The van der Waals surface area contributed by atoms with Crippen molar-refractivity contribution < 1.29 is 14.3 Å². The monoisotopic (exact) mass is 391 g/mol. The van der Waals surface area contributed by atoms with Crippen LogP contribution in [0.4, 0.5) is 0 Å². The van der Waals surface area contributed by atoms with E-state index in [9.17, 15) is 4.79 Å². The Morgan fingerprint density at radius 3 is 2.66 bits per heavy atom. The van der Waals surface area contributed by atoms with Crippen LogP contribution in [0.15, 0.2) is 48.7 Å². The second-order valence-corrected chi connectivity index (χ2v) is 7.26. The fourth-order valence-electron chi connectivity index (χ4n) is 3.64. The molecule has 0 saturated carbocycles. The number of rotatable bonds is 4. The lowest BCUT2D eigenvalue weighted by atomic mass is 10.1. The van der Waals surface area contributed by atoms with E-state index in [1.165, 1.54) is 0 Å². The van der Waals surface area contributed by atoms with Crippen LogP contribution in [0.1, 0.15) is 46.7 Å². The molecule has 0 saturated heterocycles. The Balaban J connectivity index is 1.55. The SMILES string of the molecule is Cc1cc(C(=O)NC(C)c2ccc3c(c2)OCCCO3)c(C)n1-c1ccccn1. The molecule has 1 aliphatic heterocycles. The van der Waals surface area contributed by atoms with Gasteiger partial charge in [0.25, 0.3) is 5.91 Å². The summed E-state index contributed by atoms with van der Waals surface area (Å²) >= 11 is 0. The van der Waals surface area contributed by atoms with E-state index in [0.717, 1.165) is 40.7 Å². The molecule has 6 heteroatoms. The molecule has 1 unspecified atom stereocenters. The Bertz CT molecular complexity index is 1030. The standard InChI is InChI=1S/C23H25N3O3/c1-15-13-19(17(3)26(15)22-7-4-5-10-24-22)23(27)25-16(2)18-8-9-20-21(14-18)29-12-6-11-28-20/h4-5,7-10,13-14,16H,6,11-12H2,1-3H3,(H,25,27). The second kappa shape index (κ2) is 7.99. The van der Waals surface area contributed by atoms with E-state index < -0.39 is 0 Å². The number of ether oxygens (including phenoxy) is 2. The number of aromatic nitrogens is 2. The number of aryl methyl sites for hydroxylation is 1. The normalized spacial score (nSPS) is 14.2. The van der Waals surface area contributed by atoms with Gasteiger partial charge in [0, 0.05) is 24.0 Å². The van der Waals surface area contributed by atoms with Crippen LogP contribution in [0.2, 0.25) is 0 Å². The molecule has 1 atom stereocenters. The first-order valence-electron chi connectivity index (χ1n) is 9.85. The molecule has 3 heterocycles. The van der Waals surface area contributed by atoms with Gasteiger partial charge in [0.1, 0.15) is 5.82 Å². The molecule has 0 fully saturated rings. The van der Waals surface area contributed by atoms with Crippen LogP contribution < -0.4 is 14.8 Å². The first-order chi connectivity index (χ1) is 14.0. The highest BCUT2D eigenvalue weighted by molar-refractivity contribution is 5.96. The van der Waals surface area contributed by atoms with E-state index in [-0.39, 0.29) is 11.9 Å². The summed E-state index contributed by atoms with van der Waals surface area (Å²) in [6.45, 7) is 7.18.